The molecule has 0 aliphatic carbocycles. The highest BCUT2D eigenvalue weighted by Crippen LogP contribution is 2.03. The number of ether oxygens (including phenoxy) is 2. The van der Waals surface area contributed by atoms with Crippen LogP contribution in [0.25, 0.3) is 0 Å². The van der Waals surface area contributed by atoms with Crippen LogP contribution in [0.4, 0.5) is 4.79 Å². The van der Waals surface area contributed by atoms with Crippen LogP contribution in [0.5, 0.6) is 0 Å². The summed E-state index contributed by atoms with van der Waals surface area (Å²) in [5, 5.41) is 0. The summed E-state index contributed by atoms with van der Waals surface area (Å²) in [4.78, 5) is 15.5. The fraction of sp³-hybridized carbons (Fsp3) is 0.909. The first-order valence-electron chi connectivity index (χ1n) is 6.19. The molecule has 1 amide bonds. The highest BCUT2D eigenvalue weighted by Gasteiger charge is 2.21. The van der Waals surface area contributed by atoms with E-state index in [1.165, 1.54) is 0 Å². The molecule has 0 radical (unpaired) electrons. The van der Waals surface area contributed by atoms with Gasteiger partial charge in [-0.2, -0.15) is 0 Å². The summed E-state index contributed by atoms with van der Waals surface area (Å²) in [5.41, 5.74) is 5.33. The Morgan fingerprint density at radius 3 is 2.53 bits per heavy atom. The third-order valence-corrected chi connectivity index (χ3v) is 2.71. The van der Waals surface area contributed by atoms with Gasteiger partial charge >= 0.3 is 6.09 Å². The molecule has 1 fully saturated rings. The number of carbonyl (C=O) groups is 1. The number of nitrogens with two attached hydrogens (primary N) is 1. The number of hydrogen-bond acceptors (Lipinski definition) is 5. The molecule has 0 aromatic carbocycles. The first-order valence-corrected chi connectivity index (χ1v) is 6.19. The Balaban J connectivity index is 2.11. The van der Waals surface area contributed by atoms with Gasteiger partial charge in [-0.3, -0.25) is 4.90 Å². The molecule has 100 valence electrons. The molecule has 1 aliphatic heterocycles. The lowest BCUT2D eigenvalue weighted by molar-refractivity contribution is 0.0627. The van der Waals surface area contributed by atoms with E-state index in [0.29, 0.717) is 26.4 Å². The zero-order valence-corrected chi connectivity index (χ0v) is 10.6. The largest absolute Gasteiger partial charge is 0.450 e. The van der Waals surface area contributed by atoms with Crippen LogP contribution in [0.3, 0.4) is 0 Å². The Morgan fingerprint density at radius 2 is 1.94 bits per heavy atom. The van der Waals surface area contributed by atoms with Crippen molar-refractivity contribution in [1.82, 2.24) is 9.80 Å². The van der Waals surface area contributed by atoms with Crippen LogP contribution in [0.15, 0.2) is 0 Å². The van der Waals surface area contributed by atoms with E-state index in [1.807, 2.05) is 6.92 Å². The molecule has 0 saturated carbocycles. The molecule has 17 heavy (non-hydrogen) atoms. The average Bonchev–Trinajstić information content (AvgIpc) is 2.36. The molecule has 0 bridgehead atoms. The molecule has 0 spiro atoms. The van der Waals surface area contributed by atoms with E-state index in [1.54, 1.807) is 4.90 Å². The van der Waals surface area contributed by atoms with Gasteiger partial charge in [0, 0.05) is 39.3 Å². The molecule has 6 nitrogen and oxygen atoms in total. The number of carbonyl (C=O) groups excluding carboxylic acids is 1. The standard InChI is InChI=1S/C11H23N3O3/c1-2-17-11(15)14-6-4-13(5-7-14)8-10-16-9-3-12/h2-10,12H2,1H3. The van der Waals surface area contributed by atoms with Crippen molar-refractivity contribution in [3.8, 4) is 0 Å². The summed E-state index contributed by atoms with van der Waals surface area (Å²) in [6.45, 7) is 8.27. The highest BCUT2D eigenvalue weighted by atomic mass is 16.6. The van der Waals surface area contributed by atoms with Gasteiger partial charge in [0.1, 0.15) is 0 Å². The van der Waals surface area contributed by atoms with E-state index in [2.05, 4.69) is 4.90 Å². The fourth-order valence-corrected chi connectivity index (χ4v) is 1.75. The normalized spacial score (nSPS) is 17.2. The fourth-order valence-electron chi connectivity index (χ4n) is 1.75. The second-order valence-corrected chi connectivity index (χ2v) is 3.93. The molecule has 0 aromatic heterocycles. The maximum atomic E-state index is 11.5. The maximum Gasteiger partial charge on any atom is 0.409 e. The van der Waals surface area contributed by atoms with Crippen molar-refractivity contribution in [1.29, 1.82) is 0 Å². The van der Waals surface area contributed by atoms with Gasteiger partial charge < -0.3 is 20.1 Å². The van der Waals surface area contributed by atoms with Crippen molar-refractivity contribution in [3.05, 3.63) is 0 Å². The van der Waals surface area contributed by atoms with Gasteiger partial charge in [-0.05, 0) is 6.92 Å². The maximum absolute atomic E-state index is 11.5. The molecule has 2 N–H and O–H groups in total. The highest BCUT2D eigenvalue weighted by molar-refractivity contribution is 5.67. The smallest absolute Gasteiger partial charge is 0.409 e. The molecule has 0 aromatic rings. The monoisotopic (exact) mass is 245 g/mol. The van der Waals surface area contributed by atoms with Crippen molar-refractivity contribution < 1.29 is 14.3 Å². The number of amides is 1. The Labute approximate surface area is 103 Å². The number of piperazine rings is 1. The van der Waals surface area contributed by atoms with Gasteiger partial charge in [-0.1, -0.05) is 0 Å². The molecule has 1 saturated heterocycles. The molecule has 0 unspecified atom stereocenters. The average molecular weight is 245 g/mol. The molecule has 1 aliphatic rings. The zero-order valence-electron chi connectivity index (χ0n) is 10.6. The van der Waals surface area contributed by atoms with Crippen LogP contribution in [-0.4, -0.2) is 75.0 Å². The molecular weight excluding hydrogens is 222 g/mol. The zero-order chi connectivity index (χ0) is 12.5. The second-order valence-electron chi connectivity index (χ2n) is 3.93. The molecule has 1 heterocycles. The minimum atomic E-state index is -0.202. The van der Waals surface area contributed by atoms with Gasteiger partial charge in [-0.15, -0.1) is 0 Å². The minimum absolute atomic E-state index is 0.202. The molecule has 6 heteroatoms. The van der Waals surface area contributed by atoms with Crippen molar-refractivity contribution in [3.63, 3.8) is 0 Å². The van der Waals surface area contributed by atoms with E-state index in [4.69, 9.17) is 15.2 Å². The van der Waals surface area contributed by atoms with Crippen LogP contribution in [0.1, 0.15) is 6.92 Å². The summed E-state index contributed by atoms with van der Waals surface area (Å²) in [7, 11) is 0. The van der Waals surface area contributed by atoms with E-state index in [0.717, 1.165) is 32.7 Å². The van der Waals surface area contributed by atoms with Crippen LogP contribution in [0.2, 0.25) is 0 Å². The van der Waals surface area contributed by atoms with Crippen molar-refractivity contribution >= 4 is 6.09 Å². The van der Waals surface area contributed by atoms with Gasteiger partial charge in [-0.25, -0.2) is 4.79 Å². The lowest BCUT2D eigenvalue weighted by atomic mass is 10.3. The van der Waals surface area contributed by atoms with Crippen molar-refractivity contribution in [2.24, 2.45) is 5.73 Å². The summed E-state index contributed by atoms with van der Waals surface area (Å²) in [6.07, 6.45) is -0.202. The predicted octanol–water partition coefficient (Wildman–Crippen LogP) is -0.264. The Kier molecular flexibility index (Phi) is 6.91. The summed E-state index contributed by atoms with van der Waals surface area (Å²) >= 11 is 0. The van der Waals surface area contributed by atoms with Gasteiger partial charge in [0.2, 0.25) is 0 Å². The van der Waals surface area contributed by atoms with E-state index < -0.39 is 0 Å². The van der Waals surface area contributed by atoms with E-state index in [-0.39, 0.29) is 6.09 Å². The summed E-state index contributed by atoms with van der Waals surface area (Å²) in [5.74, 6) is 0. The third-order valence-electron chi connectivity index (χ3n) is 2.71. The Hall–Kier alpha value is -0.850. The first-order chi connectivity index (χ1) is 8.27. The molecule has 1 rings (SSSR count). The lowest BCUT2D eigenvalue weighted by Crippen LogP contribution is -2.49. The van der Waals surface area contributed by atoms with Crippen LogP contribution in [-0.2, 0) is 9.47 Å². The summed E-state index contributed by atoms with van der Waals surface area (Å²) in [6, 6.07) is 0. The number of nitrogens with zero attached hydrogens (tertiary/aromatic N) is 2. The van der Waals surface area contributed by atoms with Gasteiger partial charge in [0.25, 0.3) is 0 Å². The first kappa shape index (κ1) is 14.2. The third kappa shape index (κ3) is 5.34. The van der Waals surface area contributed by atoms with Gasteiger partial charge in [0.05, 0.1) is 19.8 Å². The molecule has 0 atom stereocenters. The quantitative estimate of drug-likeness (QED) is 0.653. The lowest BCUT2D eigenvalue weighted by Gasteiger charge is -2.33. The second kappa shape index (κ2) is 8.27. The minimum Gasteiger partial charge on any atom is -0.450 e. The van der Waals surface area contributed by atoms with Gasteiger partial charge in [0.15, 0.2) is 0 Å². The Bertz CT molecular complexity index is 218. The van der Waals surface area contributed by atoms with Crippen LogP contribution < -0.4 is 5.73 Å². The van der Waals surface area contributed by atoms with Crippen molar-refractivity contribution in [2.75, 3.05) is 59.1 Å². The topological polar surface area (TPSA) is 68.0 Å². The van der Waals surface area contributed by atoms with E-state index in [9.17, 15) is 4.79 Å². The predicted molar refractivity (Wildman–Crippen MR) is 64.9 cm³/mol. The van der Waals surface area contributed by atoms with Crippen molar-refractivity contribution in [2.45, 2.75) is 6.92 Å². The van der Waals surface area contributed by atoms with E-state index >= 15 is 0 Å². The van der Waals surface area contributed by atoms with Crippen LogP contribution >= 0.6 is 0 Å². The summed E-state index contributed by atoms with van der Waals surface area (Å²) < 4.78 is 10.3. The molecular formula is C11H23N3O3. The SMILES string of the molecule is CCOC(=O)N1CCN(CCOCCN)CC1. The Morgan fingerprint density at radius 1 is 1.24 bits per heavy atom. The number of hydrogen-bond donors (Lipinski definition) is 1. The number of rotatable bonds is 6. The van der Waals surface area contributed by atoms with Crippen LogP contribution in [0, 0.1) is 0 Å².